The van der Waals surface area contributed by atoms with Gasteiger partial charge in [-0.15, -0.1) is 6.58 Å². The summed E-state index contributed by atoms with van der Waals surface area (Å²) in [5.41, 5.74) is 4.64. The third-order valence-electron chi connectivity index (χ3n) is 4.83. The molecule has 7 nitrogen and oxygen atoms in total. The van der Waals surface area contributed by atoms with Gasteiger partial charge in [0, 0.05) is 37.1 Å². The van der Waals surface area contributed by atoms with Crippen LogP contribution in [0.5, 0.6) is 5.75 Å². The van der Waals surface area contributed by atoms with Crippen LogP contribution in [0.2, 0.25) is 0 Å². The van der Waals surface area contributed by atoms with E-state index in [0.717, 1.165) is 18.2 Å². The Balaban J connectivity index is 1.66. The highest BCUT2D eigenvalue weighted by molar-refractivity contribution is 6.00. The van der Waals surface area contributed by atoms with E-state index in [2.05, 4.69) is 22.4 Å². The number of rotatable bonds is 11. The number of hydrogen-bond acceptors (Lipinski definition) is 6. The fraction of sp³-hybridized carbons (Fsp3) is 0.304. The number of aliphatic hydroxyl groups is 1. The molecule has 1 amide bonds. The number of halogens is 2. The summed E-state index contributed by atoms with van der Waals surface area (Å²) in [5, 5.41) is 8.82. The third-order valence-corrected chi connectivity index (χ3v) is 4.83. The van der Waals surface area contributed by atoms with E-state index in [1.807, 2.05) is 0 Å². The maximum atomic E-state index is 13.8. The number of ether oxygens (including phenoxy) is 2. The molecule has 1 atom stereocenters. The summed E-state index contributed by atoms with van der Waals surface area (Å²) in [5.74, 6) is -0.680. The summed E-state index contributed by atoms with van der Waals surface area (Å²) in [6.07, 6.45) is 2.33. The van der Waals surface area contributed by atoms with E-state index < -0.39 is 23.1 Å². The van der Waals surface area contributed by atoms with Gasteiger partial charge in [-0.05, 0) is 42.5 Å². The zero-order valence-electron chi connectivity index (χ0n) is 17.4. The molecule has 0 aromatic heterocycles. The zero-order chi connectivity index (χ0) is 23.0. The van der Waals surface area contributed by atoms with Crippen LogP contribution in [0.15, 0.2) is 60.1 Å². The Morgan fingerprint density at radius 3 is 2.78 bits per heavy atom. The van der Waals surface area contributed by atoms with Gasteiger partial charge >= 0.3 is 0 Å². The lowest BCUT2D eigenvalue weighted by Gasteiger charge is -2.21. The molecule has 1 aliphatic rings. The van der Waals surface area contributed by atoms with Gasteiger partial charge in [-0.1, -0.05) is 6.08 Å². The maximum Gasteiger partial charge on any atom is 0.266 e. The van der Waals surface area contributed by atoms with Crippen molar-refractivity contribution in [3.8, 4) is 5.75 Å². The van der Waals surface area contributed by atoms with Gasteiger partial charge in [-0.25, -0.2) is 19.2 Å². The molecule has 1 heterocycles. The average Bonchev–Trinajstić information content (AvgIpc) is 3.22. The molecule has 0 spiro atoms. The zero-order valence-corrected chi connectivity index (χ0v) is 17.4. The van der Waals surface area contributed by atoms with E-state index in [0.29, 0.717) is 30.2 Å². The first-order valence-electron chi connectivity index (χ1n) is 10.1. The van der Waals surface area contributed by atoms with Gasteiger partial charge in [0.2, 0.25) is 5.90 Å². The van der Waals surface area contributed by atoms with Crippen LogP contribution >= 0.6 is 0 Å². The highest BCUT2D eigenvalue weighted by atomic mass is 19.1. The molecular weight excluding hydrogens is 420 g/mol. The van der Waals surface area contributed by atoms with Gasteiger partial charge in [-0.2, -0.15) is 0 Å². The maximum absolute atomic E-state index is 13.8. The number of carbonyl (C=O) groups excluding carboxylic acids is 1. The molecule has 1 aliphatic heterocycles. The van der Waals surface area contributed by atoms with Crippen LogP contribution in [0.3, 0.4) is 0 Å². The molecular formula is C23H25F2N3O4. The first-order valence-corrected chi connectivity index (χ1v) is 10.1. The standard InChI is InChI=1S/C23H25F2N3O4/c1-2-10-23(22(30)28-26-14-17-13-18(24)6-9-20(17)25)15-32-21(27-23)16-4-7-19(8-5-16)31-12-3-11-29/h2,4-9,13,26,29H,1,3,10-12,14-15H2,(H,28,30)/t23-/m0/s1. The van der Waals surface area contributed by atoms with Crippen LogP contribution in [0.25, 0.3) is 0 Å². The number of carbonyl (C=O) groups is 1. The van der Waals surface area contributed by atoms with Crippen LogP contribution in [0, 0.1) is 11.6 Å². The van der Waals surface area contributed by atoms with Crippen molar-refractivity contribution in [1.29, 1.82) is 0 Å². The Bertz CT molecular complexity index is 982. The smallest absolute Gasteiger partial charge is 0.266 e. The molecule has 32 heavy (non-hydrogen) atoms. The Morgan fingerprint density at radius 1 is 1.28 bits per heavy atom. The van der Waals surface area contributed by atoms with Crippen molar-refractivity contribution in [1.82, 2.24) is 10.9 Å². The lowest BCUT2D eigenvalue weighted by Crippen LogP contribution is -2.51. The number of benzene rings is 2. The van der Waals surface area contributed by atoms with Crippen LogP contribution in [0.1, 0.15) is 24.0 Å². The van der Waals surface area contributed by atoms with Crippen molar-refractivity contribution < 1.29 is 28.2 Å². The van der Waals surface area contributed by atoms with Gasteiger partial charge in [0.25, 0.3) is 5.91 Å². The van der Waals surface area contributed by atoms with E-state index in [4.69, 9.17) is 14.6 Å². The second-order valence-electron chi connectivity index (χ2n) is 7.22. The topological polar surface area (TPSA) is 92.2 Å². The molecule has 0 saturated carbocycles. The summed E-state index contributed by atoms with van der Waals surface area (Å²) in [6, 6.07) is 10.1. The normalized spacial score (nSPS) is 17.4. The minimum absolute atomic E-state index is 0.00491. The number of amides is 1. The van der Waals surface area contributed by atoms with E-state index >= 15 is 0 Å². The van der Waals surface area contributed by atoms with Crippen molar-refractivity contribution >= 4 is 11.8 Å². The van der Waals surface area contributed by atoms with Crippen molar-refractivity contribution in [2.24, 2.45) is 4.99 Å². The summed E-state index contributed by atoms with van der Waals surface area (Å²) < 4.78 is 38.3. The second-order valence-corrected chi connectivity index (χ2v) is 7.22. The second kappa shape index (κ2) is 10.8. The molecule has 0 bridgehead atoms. The van der Waals surface area contributed by atoms with E-state index in [1.165, 1.54) is 0 Å². The molecule has 2 aromatic carbocycles. The molecule has 0 unspecified atom stereocenters. The van der Waals surface area contributed by atoms with Gasteiger partial charge in [-0.3, -0.25) is 10.2 Å². The number of nitrogens with one attached hydrogen (secondary N) is 2. The molecule has 0 aliphatic carbocycles. The summed E-state index contributed by atoms with van der Waals surface area (Å²) in [6.45, 7) is 4.06. The predicted molar refractivity (Wildman–Crippen MR) is 115 cm³/mol. The monoisotopic (exact) mass is 445 g/mol. The predicted octanol–water partition coefficient (Wildman–Crippen LogP) is 2.64. The highest BCUT2D eigenvalue weighted by Gasteiger charge is 2.43. The first-order chi connectivity index (χ1) is 15.5. The highest BCUT2D eigenvalue weighted by Crippen LogP contribution is 2.27. The lowest BCUT2D eigenvalue weighted by atomic mass is 9.97. The van der Waals surface area contributed by atoms with Crippen molar-refractivity contribution in [3.05, 3.63) is 77.9 Å². The minimum atomic E-state index is -1.24. The summed E-state index contributed by atoms with van der Waals surface area (Å²) in [4.78, 5) is 17.4. The largest absolute Gasteiger partial charge is 0.494 e. The number of hydrogen-bond donors (Lipinski definition) is 3. The molecule has 0 radical (unpaired) electrons. The fourth-order valence-electron chi connectivity index (χ4n) is 3.11. The van der Waals surface area contributed by atoms with Crippen molar-refractivity contribution in [2.75, 3.05) is 19.8 Å². The molecule has 0 fully saturated rings. The fourth-order valence-corrected chi connectivity index (χ4v) is 3.11. The van der Waals surface area contributed by atoms with Crippen molar-refractivity contribution in [2.45, 2.75) is 24.9 Å². The average molecular weight is 445 g/mol. The number of nitrogens with zero attached hydrogens (tertiary/aromatic N) is 1. The lowest BCUT2D eigenvalue weighted by molar-refractivity contribution is -0.127. The first kappa shape index (κ1) is 23.4. The molecule has 170 valence electrons. The Labute approximate surface area is 184 Å². The van der Waals surface area contributed by atoms with Crippen LogP contribution in [-0.4, -0.2) is 42.3 Å². The molecule has 3 rings (SSSR count). The summed E-state index contributed by atoms with van der Waals surface area (Å²) >= 11 is 0. The van der Waals surface area contributed by atoms with Gasteiger partial charge in [0.05, 0.1) is 6.61 Å². The number of aliphatic hydroxyl groups excluding tert-OH is 1. The van der Waals surface area contributed by atoms with Gasteiger partial charge < -0.3 is 14.6 Å². The Hall–Kier alpha value is -3.30. The minimum Gasteiger partial charge on any atom is -0.494 e. The molecule has 2 aromatic rings. The number of aliphatic imine (C=N–C) groups is 1. The van der Waals surface area contributed by atoms with Crippen LogP contribution < -0.4 is 15.6 Å². The molecule has 3 N–H and O–H groups in total. The van der Waals surface area contributed by atoms with Crippen LogP contribution in [0.4, 0.5) is 8.78 Å². The van der Waals surface area contributed by atoms with Crippen LogP contribution in [-0.2, 0) is 16.1 Å². The molecule has 0 saturated heterocycles. The molecule has 9 heteroatoms. The number of hydrazine groups is 1. The van der Waals surface area contributed by atoms with E-state index in [9.17, 15) is 13.6 Å². The quantitative estimate of drug-likeness (QED) is 0.281. The Morgan fingerprint density at radius 2 is 2.06 bits per heavy atom. The van der Waals surface area contributed by atoms with Gasteiger partial charge in [0.15, 0.2) is 5.54 Å². The van der Waals surface area contributed by atoms with E-state index in [1.54, 1.807) is 30.3 Å². The third kappa shape index (κ3) is 5.68. The SMILES string of the molecule is C=CC[C@@]1(C(=O)NNCc2cc(F)ccc2F)COC(c2ccc(OCCCO)cc2)=N1. The Kier molecular flexibility index (Phi) is 7.91. The van der Waals surface area contributed by atoms with Gasteiger partial charge in [0.1, 0.15) is 24.0 Å². The summed E-state index contributed by atoms with van der Waals surface area (Å²) in [7, 11) is 0. The van der Waals surface area contributed by atoms with E-state index in [-0.39, 0.29) is 31.7 Å². The van der Waals surface area contributed by atoms with Crippen molar-refractivity contribution in [3.63, 3.8) is 0 Å².